The second-order valence-electron chi connectivity index (χ2n) is 4.08. The first kappa shape index (κ1) is 12.2. The molecule has 0 aliphatic rings. The van der Waals surface area contributed by atoms with Gasteiger partial charge in [0.05, 0.1) is 6.20 Å². The summed E-state index contributed by atoms with van der Waals surface area (Å²) in [5.74, 6) is -1.20. The van der Waals surface area contributed by atoms with Gasteiger partial charge in [0.2, 0.25) is 11.9 Å². The van der Waals surface area contributed by atoms with Crippen LogP contribution in [0.25, 0.3) is 0 Å². The predicted molar refractivity (Wildman–Crippen MR) is 57.9 cm³/mol. The van der Waals surface area contributed by atoms with Crippen molar-refractivity contribution >= 4 is 17.7 Å². The number of anilines is 2. The molecule has 1 aromatic rings. The van der Waals surface area contributed by atoms with Gasteiger partial charge < -0.3 is 16.8 Å². The van der Waals surface area contributed by atoms with Crippen molar-refractivity contribution in [3.05, 3.63) is 12.0 Å². The van der Waals surface area contributed by atoms with Crippen LogP contribution in [0.4, 0.5) is 16.2 Å². The van der Waals surface area contributed by atoms with Crippen molar-refractivity contribution in [3.8, 4) is 0 Å². The van der Waals surface area contributed by atoms with Gasteiger partial charge >= 0.3 is 0 Å². The standard InChI is InChI=1S/C9H14FN5O/c1-9(2,3-6(11)16)15-7-5(10)4-13-8(12)14-7/h4H,3H2,1-2H3,(H2,11,16)(H3,12,13,14,15). The zero-order valence-corrected chi connectivity index (χ0v) is 9.12. The Labute approximate surface area is 92.3 Å². The van der Waals surface area contributed by atoms with Crippen LogP contribution in [0.15, 0.2) is 6.20 Å². The number of nitrogens with one attached hydrogen (secondary N) is 1. The SMILES string of the molecule is CC(C)(CC(N)=O)Nc1nc(N)ncc1F. The minimum absolute atomic E-state index is 0.0428. The van der Waals surface area contributed by atoms with Crippen molar-refractivity contribution in [2.75, 3.05) is 11.1 Å². The van der Waals surface area contributed by atoms with Gasteiger partial charge in [-0.15, -0.1) is 0 Å². The smallest absolute Gasteiger partial charge is 0.222 e. The van der Waals surface area contributed by atoms with E-state index < -0.39 is 17.3 Å². The summed E-state index contributed by atoms with van der Waals surface area (Å²) >= 11 is 0. The average Bonchev–Trinajstić information content (AvgIpc) is 2.08. The molecule has 7 heteroatoms. The van der Waals surface area contributed by atoms with Crippen molar-refractivity contribution in [2.24, 2.45) is 5.73 Å². The van der Waals surface area contributed by atoms with Gasteiger partial charge in [-0.05, 0) is 13.8 Å². The summed E-state index contributed by atoms with van der Waals surface area (Å²) in [4.78, 5) is 18.0. The van der Waals surface area contributed by atoms with Crippen LogP contribution in [0.1, 0.15) is 20.3 Å². The van der Waals surface area contributed by atoms with Crippen LogP contribution >= 0.6 is 0 Å². The highest BCUT2D eigenvalue weighted by Crippen LogP contribution is 2.18. The van der Waals surface area contributed by atoms with Gasteiger partial charge in [-0.2, -0.15) is 4.98 Å². The maximum absolute atomic E-state index is 13.3. The lowest BCUT2D eigenvalue weighted by atomic mass is 10.0. The summed E-state index contributed by atoms with van der Waals surface area (Å²) in [6, 6.07) is 0. The highest BCUT2D eigenvalue weighted by Gasteiger charge is 2.22. The number of halogens is 1. The van der Waals surface area contributed by atoms with E-state index in [1.165, 1.54) is 0 Å². The molecule has 0 aromatic carbocycles. The van der Waals surface area contributed by atoms with Crippen LogP contribution in [-0.4, -0.2) is 21.4 Å². The third kappa shape index (κ3) is 3.34. The number of aromatic nitrogens is 2. The molecule has 0 radical (unpaired) electrons. The molecule has 16 heavy (non-hydrogen) atoms. The Morgan fingerprint density at radius 2 is 2.25 bits per heavy atom. The largest absolute Gasteiger partial charge is 0.370 e. The minimum Gasteiger partial charge on any atom is -0.370 e. The van der Waals surface area contributed by atoms with E-state index in [1.807, 2.05) is 0 Å². The first-order valence-corrected chi connectivity index (χ1v) is 4.65. The predicted octanol–water partition coefficient (Wildman–Crippen LogP) is 0.264. The summed E-state index contributed by atoms with van der Waals surface area (Å²) in [5, 5.41) is 2.75. The number of nitrogen functional groups attached to an aromatic ring is 1. The summed E-state index contributed by atoms with van der Waals surface area (Å²) < 4.78 is 13.3. The molecule has 0 aliphatic carbocycles. The maximum atomic E-state index is 13.3. The number of rotatable bonds is 4. The van der Waals surface area contributed by atoms with Gasteiger partial charge in [-0.3, -0.25) is 4.79 Å². The van der Waals surface area contributed by atoms with Crippen molar-refractivity contribution in [1.82, 2.24) is 9.97 Å². The van der Waals surface area contributed by atoms with Gasteiger partial charge in [-0.25, -0.2) is 9.37 Å². The summed E-state index contributed by atoms with van der Waals surface area (Å²) in [7, 11) is 0. The fourth-order valence-corrected chi connectivity index (χ4v) is 1.27. The Morgan fingerprint density at radius 1 is 1.62 bits per heavy atom. The number of carbonyl (C=O) groups is 1. The monoisotopic (exact) mass is 227 g/mol. The highest BCUT2D eigenvalue weighted by molar-refractivity contribution is 5.75. The molecule has 0 aliphatic heterocycles. The normalized spacial score (nSPS) is 11.2. The number of primary amides is 1. The quantitative estimate of drug-likeness (QED) is 0.684. The molecule has 0 bridgehead atoms. The molecular formula is C9H14FN5O. The van der Waals surface area contributed by atoms with E-state index in [9.17, 15) is 9.18 Å². The molecule has 0 unspecified atom stereocenters. The lowest BCUT2D eigenvalue weighted by Crippen LogP contribution is -2.36. The number of hydrogen-bond donors (Lipinski definition) is 3. The molecule has 6 nitrogen and oxygen atoms in total. The van der Waals surface area contributed by atoms with Crippen LogP contribution in [-0.2, 0) is 4.79 Å². The Balaban J connectivity index is 2.86. The first-order chi connectivity index (χ1) is 7.30. The zero-order valence-electron chi connectivity index (χ0n) is 9.12. The summed E-state index contributed by atoms with van der Waals surface area (Å²) in [6.07, 6.45) is 1.02. The minimum atomic E-state index is -0.701. The van der Waals surface area contributed by atoms with Crippen molar-refractivity contribution in [2.45, 2.75) is 25.8 Å². The van der Waals surface area contributed by atoms with Gasteiger partial charge in [0.15, 0.2) is 11.6 Å². The molecule has 1 heterocycles. The van der Waals surface area contributed by atoms with Crippen LogP contribution in [0.2, 0.25) is 0 Å². The molecule has 1 rings (SSSR count). The molecule has 1 aromatic heterocycles. The lowest BCUT2D eigenvalue weighted by molar-refractivity contribution is -0.118. The third-order valence-corrected chi connectivity index (χ3v) is 1.84. The molecule has 0 spiro atoms. The number of nitrogens with zero attached hydrogens (tertiary/aromatic N) is 2. The van der Waals surface area contributed by atoms with E-state index in [0.717, 1.165) is 6.20 Å². The highest BCUT2D eigenvalue weighted by atomic mass is 19.1. The summed E-state index contributed by atoms with van der Waals surface area (Å²) in [6.45, 7) is 3.41. The topological polar surface area (TPSA) is 107 Å². The first-order valence-electron chi connectivity index (χ1n) is 4.65. The van der Waals surface area contributed by atoms with Crippen molar-refractivity contribution in [1.29, 1.82) is 0 Å². The van der Waals surface area contributed by atoms with Crippen LogP contribution < -0.4 is 16.8 Å². The lowest BCUT2D eigenvalue weighted by Gasteiger charge is -2.25. The number of amides is 1. The Kier molecular flexibility index (Phi) is 3.26. The maximum Gasteiger partial charge on any atom is 0.222 e. The second-order valence-corrected chi connectivity index (χ2v) is 4.08. The molecule has 0 saturated heterocycles. The van der Waals surface area contributed by atoms with E-state index in [0.29, 0.717) is 0 Å². The number of carbonyl (C=O) groups excluding carboxylic acids is 1. The van der Waals surface area contributed by atoms with Crippen molar-refractivity contribution < 1.29 is 9.18 Å². The Hall–Kier alpha value is -1.92. The second kappa shape index (κ2) is 4.30. The van der Waals surface area contributed by atoms with E-state index in [1.54, 1.807) is 13.8 Å². The molecule has 1 amide bonds. The van der Waals surface area contributed by atoms with Crippen LogP contribution in [0.3, 0.4) is 0 Å². The Bertz CT molecular complexity index is 407. The number of hydrogen-bond acceptors (Lipinski definition) is 5. The molecular weight excluding hydrogens is 213 g/mol. The number of nitrogens with two attached hydrogens (primary N) is 2. The molecule has 88 valence electrons. The zero-order chi connectivity index (χ0) is 12.3. The van der Waals surface area contributed by atoms with E-state index >= 15 is 0 Å². The average molecular weight is 227 g/mol. The molecule has 0 fully saturated rings. The molecule has 0 saturated carbocycles. The van der Waals surface area contributed by atoms with Crippen LogP contribution in [0.5, 0.6) is 0 Å². The van der Waals surface area contributed by atoms with Gasteiger partial charge in [-0.1, -0.05) is 0 Å². The third-order valence-electron chi connectivity index (χ3n) is 1.84. The van der Waals surface area contributed by atoms with E-state index in [4.69, 9.17) is 11.5 Å². The van der Waals surface area contributed by atoms with E-state index in [-0.39, 0.29) is 18.2 Å². The molecule has 5 N–H and O–H groups in total. The van der Waals surface area contributed by atoms with E-state index in [2.05, 4.69) is 15.3 Å². The van der Waals surface area contributed by atoms with Gasteiger partial charge in [0.25, 0.3) is 0 Å². The van der Waals surface area contributed by atoms with Crippen LogP contribution in [0, 0.1) is 5.82 Å². The fraction of sp³-hybridized carbons (Fsp3) is 0.444. The fourth-order valence-electron chi connectivity index (χ4n) is 1.27. The van der Waals surface area contributed by atoms with Gasteiger partial charge in [0.1, 0.15) is 0 Å². The van der Waals surface area contributed by atoms with Gasteiger partial charge in [0, 0.05) is 12.0 Å². The molecule has 0 atom stereocenters. The van der Waals surface area contributed by atoms with Crippen molar-refractivity contribution in [3.63, 3.8) is 0 Å². The summed E-state index contributed by atoms with van der Waals surface area (Å²) in [5.41, 5.74) is 9.70. The Morgan fingerprint density at radius 3 is 2.81 bits per heavy atom.